The summed E-state index contributed by atoms with van der Waals surface area (Å²) in [6, 6.07) is 13.2. The summed E-state index contributed by atoms with van der Waals surface area (Å²) in [4.78, 5) is 4.17. The molecule has 0 radical (unpaired) electrons. The molecule has 1 aromatic heterocycles. The molecule has 0 bridgehead atoms. The predicted molar refractivity (Wildman–Crippen MR) is 83.0 cm³/mol. The lowest BCUT2D eigenvalue weighted by Gasteiger charge is -2.13. The molecule has 2 aromatic rings. The Balaban J connectivity index is 1.74. The van der Waals surface area contributed by atoms with Crippen LogP contribution in [0.1, 0.15) is 24.5 Å². The minimum atomic E-state index is 0.499. The van der Waals surface area contributed by atoms with Crippen molar-refractivity contribution in [2.45, 2.75) is 32.4 Å². The first-order valence-electron chi connectivity index (χ1n) is 6.61. The molecular formula is C16H19BrN2. The summed E-state index contributed by atoms with van der Waals surface area (Å²) in [5.74, 6) is 0. The number of hydrogen-bond donors (Lipinski definition) is 1. The molecule has 0 fully saturated rings. The molecule has 100 valence electrons. The molecule has 1 aromatic carbocycles. The summed E-state index contributed by atoms with van der Waals surface area (Å²) in [6.45, 7) is 3.09. The zero-order valence-corrected chi connectivity index (χ0v) is 12.7. The Morgan fingerprint density at radius 2 is 1.95 bits per heavy atom. The van der Waals surface area contributed by atoms with Gasteiger partial charge in [0.25, 0.3) is 0 Å². The van der Waals surface area contributed by atoms with E-state index in [0.29, 0.717) is 6.04 Å². The highest BCUT2D eigenvalue weighted by Crippen LogP contribution is 2.10. The number of pyridine rings is 1. The van der Waals surface area contributed by atoms with E-state index in [1.54, 1.807) is 0 Å². The number of aryl methyl sites for hydroxylation is 1. The highest BCUT2D eigenvalue weighted by Gasteiger charge is 2.03. The first-order chi connectivity index (χ1) is 9.24. The van der Waals surface area contributed by atoms with E-state index in [1.807, 2.05) is 12.4 Å². The molecule has 2 nitrogen and oxygen atoms in total. The SMILES string of the molecule is CC(CCc1ccccc1)NCc1cncc(Br)c1. The van der Waals surface area contributed by atoms with E-state index >= 15 is 0 Å². The van der Waals surface area contributed by atoms with Crippen LogP contribution in [0.15, 0.2) is 53.3 Å². The van der Waals surface area contributed by atoms with Gasteiger partial charge in [-0.25, -0.2) is 0 Å². The average Bonchev–Trinajstić information content (AvgIpc) is 2.44. The van der Waals surface area contributed by atoms with Crippen LogP contribution in [-0.2, 0) is 13.0 Å². The lowest BCUT2D eigenvalue weighted by atomic mass is 10.1. The number of nitrogens with zero attached hydrogens (tertiary/aromatic N) is 1. The maximum absolute atomic E-state index is 4.17. The van der Waals surface area contributed by atoms with Gasteiger partial charge in [0.2, 0.25) is 0 Å². The first-order valence-corrected chi connectivity index (χ1v) is 7.40. The number of hydrogen-bond acceptors (Lipinski definition) is 2. The smallest absolute Gasteiger partial charge is 0.0410 e. The molecule has 0 aliphatic carbocycles. The van der Waals surface area contributed by atoms with Crippen molar-refractivity contribution in [2.24, 2.45) is 0 Å². The first kappa shape index (κ1) is 14.2. The van der Waals surface area contributed by atoms with Gasteiger partial charge in [-0.1, -0.05) is 30.3 Å². The summed E-state index contributed by atoms with van der Waals surface area (Å²) in [6.07, 6.45) is 5.97. The van der Waals surface area contributed by atoms with E-state index in [-0.39, 0.29) is 0 Å². The summed E-state index contributed by atoms with van der Waals surface area (Å²) < 4.78 is 1.03. The predicted octanol–water partition coefficient (Wildman–Crippen LogP) is 3.96. The van der Waals surface area contributed by atoms with Crippen LogP contribution in [0.4, 0.5) is 0 Å². The lowest BCUT2D eigenvalue weighted by Crippen LogP contribution is -2.26. The number of nitrogens with one attached hydrogen (secondary N) is 1. The molecule has 3 heteroatoms. The lowest BCUT2D eigenvalue weighted by molar-refractivity contribution is 0.513. The highest BCUT2D eigenvalue weighted by atomic mass is 79.9. The van der Waals surface area contributed by atoms with Crippen LogP contribution in [0.2, 0.25) is 0 Å². The van der Waals surface area contributed by atoms with Crippen molar-refractivity contribution < 1.29 is 0 Å². The molecule has 0 aliphatic heterocycles. The number of halogens is 1. The molecule has 0 amide bonds. The minimum absolute atomic E-state index is 0.499. The molecule has 0 spiro atoms. The Morgan fingerprint density at radius 1 is 1.16 bits per heavy atom. The molecule has 1 heterocycles. The molecule has 0 saturated carbocycles. The maximum Gasteiger partial charge on any atom is 0.0410 e. The fourth-order valence-corrected chi connectivity index (χ4v) is 2.39. The average molecular weight is 319 g/mol. The zero-order valence-electron chi connectivity index (χ0n) is 11.1. The van der Waals surface area contributed by atoms with Crippen LogP contribution in [0, 0.1) is 0 Å². The molecule has 0 aliphatic rings. The third-order valence-electron chi connectivity index (χ3n) is 3.13. The second kappa shape index (κ2) is 7.41. The molecule has 1 unspecified atom stereocenters. The topological polar surface area (TPSA) is 24.9 Å². The Labute approximate surface area is 123 Å². The largest absolute Gasteiger partial charge is 0.310 e. The van der Waals surface area contributed by atoms with E-state index in [9.17, 15) is 0 Å². The molecule has 1 N–H and O–H groups in total. The Morgan fingerprint density at radius 3 is 2.68 bits per heavy atom. The number of aromatic nitrogens is 1. The Hall–Kier alpha value is -1.19. The van der Waals surface area contributed by atoms with Gasteiger partial charge < -0.3 is 5.32 Å². The molecule has 1 atom stereocenters. The Bertz CT molecular complexity index is 499. The van der Waals surface area contributed by atoms with Crippen LogP contribution in [-0.4, -0.2) is 11.0 Å². The van der Waals surface area contributed by atoms with E-state index in [4.69, 9.17) is 0 Å². The van der Waals surface area contributed by atoms with Gasteiger partial charge in [0.05, 0.1) is 0 Å². The third-order valence-corrected chi connectivity index (χ3v) is 3.56. The van der Waals surface area contributed by atoms with Gasteiger partial charge in [-0.2, -0.15) is 0 Å². The fourth-order valence-electron chi connectivity index (χ4n) is 1.97. The second-order valence-corrected chi connectivity index (χ2v) is 5.73. The van der Waals surface area contributed by atoms with Crippen LogP contribution in [0.25, 0.3) is 0 Å². The monoisotopic (exact) mass is 318 g/mol. The summed E-state index contributed by atoms with van der Waals surface area (Å²) >= 11 is 3.44. The third kappa shape index (κ3) is 5.13. The summed E-state index contributed by atoms with van der Waals surface area (Å²) in [5.41, 5.74) is 2.61. The van der Waals surface area contributed by atoms with Gasteiger partial charge in [-0.15, -0.1) is 0 Å². The van der Waals surface area contributed by atoms with Crippen LogP contribution in [0.3, 0.4) is 0 Å². The maximum atomic E-state index is 4.17. The Kier molecular flexibility index (Phi) is 5.55. The van der Waals surface area contributed by atoms with Crippen molar-refractivity contribution >= 4 is 15.9 Å². The second-order valence-electron chi connectivity index (χ2n) is 4.82. The fraction of sp³-hybridized carbons (Fsp3) is 0.312. The van der Waals surface area contributed by atoms with Crippen molar-refractivity contribution in [3.8, 4) is 0 Å². The molecule has 19 heavy (non-hydrogen) atoms. The molecule has 0 saturated heterocycles. The quantitative estimate of drug-likeness (QED) is 0.872. The summed E-state index contributed by atoms with van der Waals surface area (Å²) in [5, 5.41) is 3.54. The van der Waals surface area contributed by atoms with Crippen molar-refractivity contribution in [3.05, 3.63) is 64.4 Å². The van der Waals surface area contributed by atoms with E-state index < -0.39 is 0 Å². The van der Waals surface area contributed by atoms with Crippen LogP contribution < -0.4 is 5.32 Å². The van der Waals surface area contributed by atoms with E-state index in [1.165, 1.54) is 11.1 Å². The van der Waals surface area contributed by atoms with Crippen molar-refractivity contribution in [1.29, 1.82) is 0 Å². The zero-order chi connectivity index (χ0) is 13.5. The minimum Gasteiger partial charge on any atom is -0.310 e. The normalized spacial score (nSPS) is 12.3. The van der Waals surface area contributed by atoms with Gasteiger partial charge >= 0.3 is 0 Å². The highest BCUT2D eigenvalue weighted by molar-refractivity contribution is 9.10. The van der Waals surface area contributed by atoms with Crippen LogP contribution in [0.5, 0.6) is 0 Å². The van der Waals surface area contributed by atoms with Gasteiger partial charge in [-0.3, -0.25) is 4.98 Å². The van der Waals surface area contributed by atoms with Gasteiger partial charge in [0.1, 0.15) is 0 Å². The van der Waals surface area contributed by atoms with Crippen LogP contribution >= 0.6 is 15.9 Å². The van der Waals surface area contributed by atoms with Crippen molar-refractivity contribution in [3.63, 3.8) is 0 Å². The molecular weight excluding hydrogens is 300 g/mol. The van der Waals surface area contributed by atoms with Gasteiger partial charge in [-0.05, 0) is 52.9 Å². The summed E-state index contributed by atoms with van der Waals surface area (Å²) in [7, 11) is 0. The molecule has 2 rings (SSSR count). The van der Waals surface area contributed by atoms with Crippen molar-refractivity contribution in [1.82, 2.24) is 10.3 Å². The van der Waals surface area contributed by atoms with E-state index in [2.05, 4.69) is 69.6 Å². The number of rotatable bonds is 6. The van der Waals surface area contributed by atoms with Gasteiger partial charge in [0.15, 0.2) is 0 Å². The van der Waals surface area contributed by atoms with E-state index in [0.717, 1.165) is 23.9 Å². The van der Waals surface area contributed by atoms with Crippen molar-refractivity contribution in [2.75, 3.05) is 0 Å². The van der Waals surface area contributed by atoms with Gasteiger partial charge in [0, 0.05) is 29.5 Å². The number of benzene rings is 1. The standard InChI is InChI=1S/C16H19BrN2/c1-13(7-8-14-5-3-2-4-6-14)19-11-15-9-16(17)12-18-10-15/h2-6,9-10,12-13,19H,7-8,11H2,1H3.